The summed E-state index contributed by atoms with van der Waals surface area (Å²) in [5.41, 5.74) is 3.57. The first kappa shape index (κ1) is 27.1. The minimum atomic E-state index is -1.13. The number of carbonyl (C=O) groups excluding carboxylic acids is 2. The lowest BCUT2D eigenvalue weighted by Gasteiger charge is -2.15. The van der Waals surface area contributed by atoms with Crippen molar-refractivity contribution in [2.45, 2.75) is 25.3 Å². The Hall–Kier alpha value is -4.98. The molecule has 198 valence electrons. The lowest BCUT2D eigenvalue weighted by atomic mass is 10.0. The van der Waals surface area contributed by atoms with Crippen LogP contribution in [-0.4, -0.2) is 40.5 Å². The van der Waals surface area contributed by atoms with Gasteiger partial charge < -0.3 is 21.1 Å². The number of pyridine rings is 1. The summed E-state index contributed by atoms with van der Waals surface area (Å²) in [5.74, 6) is -0.926. The van der Waals surface area contributed by atoms with E-state index in [1.54, 1.807) is 48.7 Å². The van der Waals surface area contributed by atoms with E-state index in [1.807, 2.05) is 54.6 Å². The minimum absolute atomic E-state index is 0.104. The van der Waals surface area contributed by atoms with Gasteiger partial charge in [-0.2, -0.15) is 0 Å². The summed E-state index contributed by atoms with van der Waals surface area (Å²) >= 11 is 0. The molecule has 0 bridgehead atoms. The van der Waals surface area contributed by atoms with Crippen LogP contribution in [0.3, 0.4) is 0 Å². The van der Waals surface area contributed by atoms with E-state index in [0.29, 0.717) is 30.6 Å². The third kappa shape index (κ3) is 8.26. The van der Waals surface area contributed by atoms with Crippen molar-refractivity contribution >= 4 is 29.3 Å². The van der Waals surface area contributed by atoms with Gasteiger partial charge in [0.1, 0.15) is 11.9 Å². The largest absolute Gasteiger partial charge is 0.480 e. The van der Waals surface area contributed by atoms with Gasteiger partial charge in [-0.15, -0.1) is 0 Å². The van der Waals surface area contributed by atoms with Crippen molar-refractivity contribution in [3.63, 3.8) is 0 Å². The Kier molecular flexibility index (Phi) is 9.39. The predicted octanol–water partition coefficient (Wildman–Crippen LogP) is 5.01. The summed E-state index contributed by atoms with van der Waals surface area (Å²) < 4.78 is 0. The van der Waals surface area contributed by atoms with Crippen LogP contribution in [0.5, 0.6) is 0 Å². The molecule has 0 saturated heterocycles. The van der Waals surface area contributed by atoms with Gasteiger partial charge in [-0.05, 0) is 59.5 Å². The van der Waals surface area contributed by atoms with Crippen LogP contribution in [0.1, 0.15) is 28.8 Å². The highest BCUT2D eigenvalue weighted by atomic mass is 16.4. The van der Waals surface area contributed by atoms with Crippen molar-refractivity contribution in [2.24, 2.45) is 0 Å². The minimum Gasteiger partial charge on any atom is -0.480 e. The molecule has 2 amide bonds. The maximum Gasteiger partial charge on any atom is 0.326 e. The number of hydrogen-bond acceptors (Lipinski definition) is 5. The van der Waals surface area contributed by atoms with E-state index in [0.717, 1.165) is 22.5 Å². The number of carboxylic acid groups (broad SMARTS) is 1. The van der Waals surface area contributed by atoms with Gasteiger partial charge >= 0.3 is 5.97 Å². The van der Waals surface area contributed by atoms with Gasteiger partial charge in [0, 0.05) is 36.8 Å². The third-order valence-corrected chi connectivity index (χ3v) is 6.06. The summed E-state index contributed by atoms with van der Waals surface area (Å²) in [7, 11) is 0. The molecule has 1 unspecified atom stereocenters. The summed E-state index contributed by atoms with van der Waals surface area (Å²) in [6, 6.07) is 28.2. The average molecular weight is 523 g/mol. The van der Waals surface area contributed by atoms with Gasteiger partial charge in [0.25, 0.3) is 5.91 Å². The highest BCUT2D eigenvalue weighted by Gasteiger charge is 2.21. The van der Waals surface area contributed by atoms with E-state index in [1.165, 1.54) is 0 Å². The molecule has 0 aliphatic rings. The number of nitrogens with one attached hydrogen (secondary N) is 3. The lowest BCUT2D eigenvalue weighted by Crippen LogP contribution is -2.42. The normalized spacial score (nSPS) is 11.3. The Labute approximate surface area is 227 Å². The van der Waals surface area contributed by atoms with Gasteiger partial charge in [0.2, 0.25) is 5.91 Å². The SMILES string of the molecule is O=C(CCCNc1ccccn1)Nc1ccc(CC(NC(=O)c2cccc(-c3ccccc3)c2)C(=O)O)cc1. The first-order valence-corrected chi connectivity index (χ1v) is 12.7. The van der Waals surface area contributed by atoms with Crippen LogP contribution in [-0.2, 0) is 16.0 Å². The van der Waals surface area contributed by atoms with E-state index in [9.17, 15) is 19.5 Å². The van der Waals surface area contributed by atoms with Crippen LogP contribution < -0.4 is 16.0 Å². The second-order valence-electron chi connectivity index (χ2n) is 9.01. The van der Waals surface area contributed by atoms with E-state index in [4.69, 9.17) is 0 Å². The number of hydrogen-bond donors (Lipinski definition) is 4. The van der Waals surface area contributed by atoms with Gasteiger partial charge in [-0.3, -0.25) is 9.59 Å². The Balaban J connectivity index is 1.28. The number of nitrogens with zero attached hydrogens (tertiary/aromatic N) is 1. The first-order chi connectivity index (χ1) is 19.0. The fourth-order valence-electron chi connectivity index (χ4n) is 4.03. The second kappa shape index (κ2) is 13.5. The Morgan fingerprint density at radius 2 is 1.56 bits per heavy atom. The molecule has 4 N–H and O–H groups in total. The molecule has 4 rings (SSSR count). The molecule has 1 aromatic heterocycles. The molecule has 4 aromatic rings. The van der Waals surface area contributed by atoms with Crippen molar-refractivity contribution in [2.75, 3.05) is 17.2 Å². The van der Waals surface area contributed by atoms with Crippen molar-refractivity contribution in [1.82, 2.24) is 10.3 Å². The zero-order valence-electron chi connectivity index (χ0n) is 21.3. The Bertz CT molecular complexity index is 1390. The highest BCUT2D eigenvalue weighted by molar-refractivity contribution is 5.97. The standard InChI is InChI=1S/C31H30N4O4/c36-29(13-7-19-33-28-12-4-5-18-32-28)34-26-16-14-22(15-17-26)20-27(31(38)39)35-30(37)25-11-6-10-24(21-25)23-8-2-1-3-9-23/h1-6,8-12,14-18,21,27H,7,13,19-20H2,(H,32,33)(H,34,36)(H,35,37)(H,38,39). The smallest absolute Gasteiger partial charge is 0.326 e. The molecule has 0 fully saturated rings. The topological polar surface area (TPSA) is 120 Å². The van der Waals surface area contributed by atoms with Gasteiger partial charge in [0.05, 0.1) is 0 Å². The molecule has 3 aromatic carbocycles. The van der Waals surface area contributed by atoms with E-state index >= 15 is 0 Å². The molecule has 0 radical (unpaired) electrons. The number of amides is 2. The molecule has 39 heavy (non-hydrogen) atoms. The molecule has 0 aliphatic heterocycles. The lowest BCUT2D eigenvalue weighted by molar-refractivity contribution is -0.139. The monoisotopic (exact) mass is 522 g/mol. The average Bonchev–Trinajstić information content (AvgIpc) is 2.97. The Morgan fingerprint density at radius 3 is 2.28 bits per heavy atom. The third-order valence-electron chi connectivity index (χ3n) is 6.06. The van der Waals surface area contributed by atoms with Gasteiger partial charge in [-0.1, -0.05) is 60.7 Å². The molecular formula is C31H30N4O4. The van der Waals surface area contributed by atoms with Crippen molar-refractivity contribution < 1.29 is 19.5 Å². The number of aromatic nitrogens is 1. The predicted molar refractivity (Wildman–Crippen MR) is 152 cm³/mol. The number of benzene rings is 3. The van der Waals surface area contributed by atoms with E-state index in [2.05, 4.69) is 20.9 Å². The quantitative estimate of drug-likeness (QED) is 0.194. The number of anilines is 2. The number of carbonyl (C=O) groups is 3. The number of aliphatic carboxylic acids is 1. The molecule has 1 atom stereocenters. The van der Waals surface area contributed by atoms with Crippen molar-refractivity contribution in [1.29, 1.82) is 0 Å². The highest BCUT2D eigenvalue weighted by Crippen LogP contribution is 2.20. The van der Waals surface area contributed by atoms with E-state index in [-0.39, 0.29) is 12.3 Å². The molecule has 0 saturated carbocycles. The fourth-order valence-corrected chi connectivity index (χ4v) is 4.03. The molecule has 0 spiro atoms. The zero-order valence-corrected chi connectivity index (χ0v) is 21.3. The zero-order chi connectivity index (χ0) is 27.5. The van der Waals surface area contributed by atoms with Crippen LogP contribution in [0.15, 0.2) is 103 Å². The van der Waals surface area contributed by atoms with Gasteiger partial charge in [-0.25, -0.2) is 9.78 Å². The van der Waals surface area contributed by atoms with Crippen molar-refractivity contribution in [3.05, 3.63) is 114 Å². The summed E-state index contributed by atoms with van der Waals surface area (Å²) in [4.78, 5) is 41.2. The summed E-state index contributed by atoms with van der Waals surface area (Å²) in [6.45, 7) is 0.627. The molecule has 0 aliphatic carbocycles. The van der Waals surface area contributed by atoms with Gasteiger partial charge in [0.15, 0.2) is 0 Å². The first-order valence-electron chi connectivity index (χ1n) is 12.7. The number of carboxylic acids is 1. The fraction of sp³-hybridized carbons (Fsp3) is 0.161. The van der Waals surface area contributed by atoms with E-state index < -0.39 is 17.9 Å². The summed E-state index contributed by atoms with van der Waals surface area (Å²) in [5, 5.41) is 18.4. The molecule has 8 nitrogen and oxygen atoms in total. The second-order valence-corrected chi connectivity index (χ2v) is 9.01. The van der Waals surface area contributed by atoms with Crippen molar-refractivity contribution in [3.8, 4) is 11.1 Å². The molecule has 8 heteroatoms. The summed E-state index contributed by atoms with van der Waals surface area (Å²) in [6.07, 6.45) is 2.80. The molecular weight excluding hydrogens is 492 g/mol. The van der Waals surface area contributed by atoms with Crippen LogP contribution >= 0.6 is 0 Å². The van der Waals surface area contributed by atoms with Crippen LogP contribution in [0.25, 0.3) is 11.1 Å². The maximum atomic E-state index is 12.9. The van der Waals surface area contributed by atoms with Crippen LogP contribution in [0, 0.1) is 0 Å². The van der Waals surface area contributed by atoms with Crippen LogP contribution in [0.4, 0.5) is 11.5 Å². The Morgan fingerprint density at radius 1 is 0.821 bits per heavy atom. The number of rotatable bonds is 12. The maximum absolute atomic E-state index is 12.9. The molecule has 1 heterocycles. The van der Waals surface area contributed by atoms with Crippen LogP contribution in [0.2, 0.25) is 0 Å².